The summed E-state index contributed by atoms with van der Waals surface area (Å²) in [4.78, 5) is 9.06. The molecule has 1 aliphatic carbocycles. The van der Waals surface area contributed by atoms with E-state index in [1.807, 2.05) is 42.2 Å². The van der Waals surface area contributed by atoms with Gasteiger partial charge in [0.1, 0.15) is 0 Å². The van der Waals surface area contributed by atoms with Crippen molar-refractivity contribution in [2.45, 2.75) is 45.6 Å². The Morgan fingerprint density at radius 2 is 2.17 bits per heavy atom. The van der Waals surface area contributed by atoms with Crippen LogP contribution in [0.25, 0.3) is 11.0 Å². The molecule has 0 radical (unpaired) electrons. The minimum absolute atomic E-state index is 0.592. The largest absolute Gasteiger partial charge is 0.324 e. The zero-order valence-corrected chi connectivity index (χ0v) is 14.3. The second kappa shape index (κ2) is 7.90. The van der Waals surface area contributed by atoms with Crippen LogP contribution in [0.4, 0.5) is 5.95 Å². The second-order valence-electron chi connectivity index (χ2n) is 6.27. The second-order valence-corrected chi connectivity index (χ2v) is 6.27. The van der Waals surface area contributed by atoms with Gasteiger partial charge in [-0.2, -0.15) is 10.1 Å². The Morgan fingerprint density at radius 3 is 2.92 bits per heavy atom. The van der Waals surface area contributed by atoms with Crippen LogP contribution in [0.1, 0.15) is 39.0 Å². The van der Waals surface area contributed by atoms with E-state index in [9.17, 15) is 0 Å². The molecule has 0 aromatic carbocycles. The summed E-state index contributed by atoms with van der Waals surface area (Å²) in [7, 11) is 0. The Kier molecular flexibility index (Phi) is 5.41. The average molecular weight is 323 g/mol. The first-order chi connectivity index (χ1) is 11.8. The molecule has 0 unspecified atom stereocenters. The van der Waals surface area contributed by atoms with Gasteiger partial charge in [0.25, 0.3) is 0 Å². The molecule has 0 atom stereocenters. The SMILES string of the molecule is C=C/C=C\C(=C/C)Nc1ncc2cnn(CC3CCCCC3)c2n1. The third-order valence-corrected chi connectivity index (χ3v) is 4.51. The summed E-state index contributed by atoms with van der Waals surface area (Å²) in [5.74, 6) is 1.31. The number of hydrogen-bond acceptors (Lipinski definition) is 4. The van der Waals surface area contributed by atoms with Crippen LogP contribution in [0.3, 0.4) is 0 Å². The third kappa shape index (κ3) is 3.91. The van der Waals surface area contributed by atoms with Crippen molar-refractivity contribution in [1.82, 2.24) is 19.7 Å². The van der Waals surface area contributed by atoms with Gasteiger partial charge >= 0.3 is 0 Å². The Balaban J connectivity index is 1.80. The van der Waals surface area contributed by atoms with E-state index in [-0.39, 0.29) is 0 Å². The number of fused-ring (bicyclic) bond motifs is 1. The maximum absolute atomic E-state index is 4.67. The smallest absolute Gasteiger partial charge is 0.229 e. The first kappa shape index (κ1) is 16.4. The Morgan fingerprint density at radius 1 is 1.33 bits per heavy atom. The molecule has 0 bridgehead atoms. The summed E-state index contributed by atoms with van der Waals surface area (Å²) in [5, 5.41) is 8.75. The molecule has 1 fully saturated rings. The molecular weight excluding hydrogens is 298 g/mol. The first-order valence-corrected chi connectivity index (χ1v) is 8.71. The number of hydrogen-bond donors (Lipinski definition) is 1. The zero-order valence-electron chi connectivity index (χ0n) is 14.3. The topological polar surface area (TPSA) is 55.6 Å². The van der Waals surface area contributed by atoms with Gasteiger partial charge in [-0.15, -0.1) is 0 Å². The summed E-state index contributed by atoms with van der Waals surface area (Å²) in [6.07, 6.45) is 17.9. The van der Waals surface area contributed by atoms with Crippen LogP contribution < -0.4 is 5.32 Å². The van der Waals surface area contributed by atoms with Crippen molar-refractivity contribution >= 4 is 17.0 Å². The predicted octanol–water partition coefficient (Wildman–Crippen LogP) is 4.46. The van der Waals surface area contributed by atoms with E-state index in [1.54, 1.807) is 6.08 Å². The van der Waals surface area contributed by atoms with Gasteiger partial charge in [-0.05, 0) is 31.8 Å². The van der Waals surface area contributed by atoms with Crippen molar-refractivity contribution in [3.8, 4) is 0 Å². The minimum Gasteiger partial charge on any atom is -0.324 e. The normalized spacial score (nSPS) is 16.8. The van der Waals surface area contributed by atoms with Crippen LogP contribution in [0.5, 0.6) is 0 Å². The van der Waals surface area contributed by atoms with Crippen molar-refractivity contribution in [1.29, 1.82) is 0 Å². The van der Waals surface area contributed by atoms with E-state index in [0.29, 0.717) is 5.95 Å². The summed E-state index contributed by atoms with van der Waals surface area (Å²) in [6.45, 7) is 6.62. The van der Waals surface area contributed by atoms with Crippen molar-refractivity contribution in [2.75, 3.05) is 5.32 Å². The molecule has 1 aliphatic rings. The average Bonchev–Trinajstić information content (AvgIpc) is 3.01. The van der Waals surface area contributed by atoms with Crippen LogP contribution in [-0.2, 0) is 6.54 Å². The van der Waals surface area contributed by atoms with Gasteiger partial charge in [-0.25, -0.2) is 9.67 Å². The fraction of sp³-hybridized carbons (Fsp3) is 0.421. The van der Waals surface area contributed by atoms with Gasteiger partial charge < -0.3 is 5.32 Å². The molecule has 3 rings (SSSR count). The zero-order chi connectivity index (χ0) is 16.8. The Hall–Kier alpha value is -2.43. The van der Waals surface area contributed by atoms with E-state index in [4.69, 9.17) is 0 Å². The molecule has 5 heteroatoms. The summed E-state index contributed by atoms with van der Waals surface area (Å²) < 4.78 is 2.03. The molecule has 0 saturated heterocycles. The maximum atomic E-state index is 4.67. The molecule has 0 aliphatic heterocycles. The lowest BCUT2D eigenvalue weighted by Gasteiger charge is -2.21. The van der Waals surface area contributed by atoms with Crippen LogP contribution >= 0.6 is 0 Å². The van der Waals surface area contributed by atoms with E-state index >= 15 is 0 Å². The molecule has 0 amide bonds. The highest BCUT2D eigenvalue weighted by molar-refractivity contribution is 5.74. The molecule has 2 heterocycles. The Labute approximate surface area is 143 Å². The number of nitrogens with zero attached hydrogens (tertiary/aromatic N) is 4. The van der Waals surface area contributed by atoms with Gasteiger partial charge in [0.15, 0.2) is 5.65 Å². The van der Waals surface area contributed by atoms with E-state index in [0.717, 1.165) is 29.2 Å². The van der Waals surface area contributed by atoms with Crippen LogP contribution in [0.2, 0.25) is 0 Å². The summed E-state index contributed by atoms with van der Waals surface area (Å²) in [5.41, 5.74) is 1.84. The lowest BCUT2D eigenvalue weighted by molar-refractivity contribution is 0.311. The van der Waals surface area contributed by atoms with Gasteiger partial charge in [0.2, 0.25) is 5.95 Å². The third-order valence-electron chi connectivity index (χ3n) is 4.51. The predicted molar refractivity (Wildman–Crippen MR) is 98.6 cm³/mol. The lowest BCUT2D eigenvalue weighted by Crippen LogP contribution is -2.15. The van der Waals surface area contributed by atoms with Gasteiger partial charge in [-0.3, -0.25) is 0 Å². The number of rotatable bonds is 6. The van der Waals surface area contributed by atoms with Gasteiger partial charge in [-0.1, -0.05) is 44.1 Å². The van der Waals surface area contributed by atoms with Crippen LogP contribution in [-0.4, -0.2) is 19.7 Å². The van der Waals surface area contributed by atoms with Crippen molar-refractivity contribution in [3.05, 3.63) is 49.0 Å². The molecule has 5 nitrogen and oxygen atoms in total. The number of aromatic nitrogens is 4. The fourth-order valence-corrected chi connectivity index (χ4v) is 3.19. The summed E-state index contributed by atoms with van der Waals surface area (Å²) >= 11 is 0. The fourth-order valence-electron chi connectivity index (χ4n) is 3.19. The lowest BCUT2D eigenvalue weighted by atomic mass is 9.89. The minimum atomic E-state index is 0.592. The van der Waals surface area contributed by atoms with E-state index in [1.165, 1.54) is 32.1 Å². The highest BCUT2D eigenvalue weighted by atomic mass is 15.3. The first-order valence-electron chi connectivity index (χ1n) is 8.71. The molecule has 1 saturated carbocycles. The summed E-state index contributed by atoms with van der Waals surface area (Å²) in [6, 6.07) is 0. The van der Waals surface area contributed by atoms with E-state index < -0.39 is 0 Å². The maximum Gasteiger partial charge on any atom is 0.229 e. The molecule has 1 N–H and O–H groups in total. The molecular formula is C19H25N5. The molecule has 2 aromatic rings. The highest BCUT2D eigenvalue weighted by Crippen LogP contribution is 2.26. The molecule has 24 heavy (non-hydrogen) atoms. The van der Waals surface area contributed by atoms with Crippen molar-refractivity contribution in [3.63, 3.8) is 0 Å². The molecule has 0 spiro atoms. The van der Waals surface area contributed by atoms with E-state index in [2.05, 4.69) is 27.0 Å². The van der Waals surface area contributed by atoms with Crippen molar-refractivity contribution < 1.29 is 0 Å². The molecule has 2 aromatic heterocycles. The van der Waals surface area contributed by atoms with Crippen LogP contribution in [0, 0.1) is 5.92 Å². The monoisotopic (exact) mass is 323 g/mol. The standard InChI is InChI=1S/C19H25N5/c1-3-5-11-17(4-2)22-19-20-12-16-13-21-24(18(16)23-19)14-15-9-7-6-8-10-15/h3-5,11-13,15H,1,6-10,14H2,2H3,(H,20,22,23)/b11-5-,17-4+. The highest BCUT2D eigenvalue weighted by Gasteiger charge is 2.16. The quantitative estimate of drug-likeness (QED) is 0.797. The number of allylic oxidation sites excluding steroid dienone is 4. The van der Waals surface area contributed by atoms with Crippen LogP contribution in [0.15, 0.2) is 49.0 Å². The van der Waals surface area contributed by atoms with Crippen molar-refractivity contribution in [2.24, 2.45) is 5.92 Å². The van der Waals surface area contributed by atoms with Gasteiger partial charge in [0, 0.05) is 18.4 Å². The molecule has 126 valence electrons. The number of nitrogens with one attached hydrogen (secondary N) is 1. The number of anilines is 1. The van der Waals surface area contributed by atoms with Gasteiger partial charge in [0.05, 0.1) is 11.6 Å². The Bertz CT molecular complexity index is 750.